The van der Waals surface area contributed by atoms with Gasteiger partial charge in [-0.2, -0.15) is 15.2 Å². The number of hydrogen-bond acceptors (Lipinski definition) is 8. The summed E-state index contributed by atoms with van der Waals surface area (Å²) in [6.45, 7) is 10.6. The maximum atomic E-state index is 17.3. The van der Waals surface area contributed by atoms with Crippen molar-refractivity contribution >= 4 is 33.4 Å². The van der Waals surface area contributed by atoms with Crippen LogP contribution in [0.1, 0.15) is 69.9 Å². The van der Waals surface area contributed by atoms with E-state index in [2.05, 4.69) is 38.8 Å². The lowest BCUT2D eigenvalue weighted by molar-refractivity contribution is -0.117. The number of pyridine rings is 1. The minimum Gasteiger partial charge on any atom is -0.461 e. The summed E-state index contributed by atoms with van der Waals surface area (Å²) in [6, 6.07) is 8.48. The fourth-order valence-corrected chi connectivity index (χ4v) is 8.08. The number of rotatable bonds is 8. The average Bonchev–Trinajstić information content (AvgIpc) is 3.63. The van der Waals surface area contributed by atoms with Crippen molar-refractivity contribution in [3.63, 3.8) is 0 Å². The molecule has 262 valence electrons. The first-order valence-electron chi connectivity index (χ1n) is 17.6. The Kier molecular flexibility index (Phi) is 9.11. The summed E-state index contributed by atoms with van der Waals surface area (Å²) in [5.41, 5.74) is -0.282. The molecule has 51 heavy (non-hydrogen) atoms. The fraction of sp³-hybridized carbons (Fsp3) is 0.425. The number of nitriles is 1. The molecule has 11 heteroatoms. The van der Waals surface area contributed by atoms with Crippen molar-refractivity contribution < 1.29 is 18.3 Å². The maximum absolute atomic E-state index is 17.3. The summed E-state index contributed by atoms with van der Waals surface area (Å²) in [5, 5.41) is 14.3. The smallest absolute Gasteiger partial charge is 0.319 e. The molecule has 0 spiro atoms. The molecule has 0 aliphatic carbocycles. The van der Waals surface area contributed by atoms with Gasteiger partial charge in [-0.1, -0.05) is 18.6 Å². The summed E-state index contributed by atoms with van der Waals surface area (Å²) in [4.78, 5) is 31.0. The van der Waals surface area contributed by atoms with Crippen LogP contribution < -0.4 is 15.0 Å². The molecule has 3 saturated heterocycles. The molecule has 3 fully saturated rings. The lowest BCUT2D eigenvalue weighted by Gasteiger charge is -2.31. The van der Waals surface area contributed by atoms with Crippen molar-refractivity contribution in [2.24, 2.45) is 0 Å². The molecule has 9 nitrogen and oxygen atoms in total. The monoisotopic (exact) mass is 689 g/mol. The number of carbonyl (C=O) groups is 1. The van der Waals surface area contributed by atoms with Crippen LogP contribution in [0.15, 0.2) is 43.1 Å². The van der Waals surface area contributed by atoms with Gasteiger partial charge < -0.3 is 15.0 Å². The van der Waals surface area contributed by atoms with Crippen LogP contribution in [0.25, 0.3) is 32.9 Å². The first-order valence-corrected chi connectivity index (χ1v) is 17.6. The third kappa shape index (κ3) is 6.25. The molecule has 0 bridgehead atoms. The average molecular weight is 690 g/mol. The highest BCUT2D eigenvalue weighted by Crippen LogP contribution is 2.41. The van der Waals surface area contributed by atoms with Gasteiger partial charge in [0.25, 0.3) is 0 Å². The molecule has 2 aromatic heterocycles. The van der Waals surface area contributed by atoms with E-state index in [0.29, 0.717) is 47.2 Å². The number of anilines is 1. The van der Waals surface area contributed by atoms with Gasteiger partial charge in [-0.25, -0.2) is 8.78 Å². The van der Waals surface area contributed by atoms with E-state index in [0.717, 1.165) is 58.0 Å². The highest BCUT2D eigenvalue weighted by molar-refractivity contribution is 6.02. The zero-order chi connectivity index (χ0) is 35.9. The second-order valence-corrected chi connectivity index (χ2v) is 14.5. The van der Waals surface area contributed by atoms with Gasteiger partial charge in [-0.15, -0.1) is 6.42 Å². The van der Waals surface area contributed by atoms with E-state index in [1.165, 1.54) is 18.3 Å². The molecule has 7 rings (SSSR count). The van der Waals surface area contributed by atoms with Crippen LogP contribution in [-0.4, -0.2) is 70.1 Å². The first kappa shape index (κ1) is 34.3. The Hall–Kier alpha value is -5.13. The maximum Gasteiger partial charge on any atom is 0.319 e. The molecule has 3 aliphatic rings. The fourth-order valence-electron chi connectivity index (χ4n) is 8.08. The van der Waals surface area contributed by atoms with Crippen LogP contribution in [0.3, 0.4) is 0 Å². The minimum absolute atomic E-state index is 0.000110. The zero-order valence-corrected chi connectivity index (χ0v) is 29.1. The zero-order valence-electron chi connectivity index (χ0n) is 29.1. The molecular formula is C40H41F2N7O2. The summed E-state index contributed by atoms with van der Waals surface area (Å²) in [7, 11) is 0. The number of aromatic nitrogens is 3. The van der Waals surface area contributed by atoms with Gasteiger partial charge in [-0.05, 0) is 107 Å². The van der Waals surface area contributed by atoms with E-state index in [1.54, 1.807) is 32.0 Å². The molecule has 0 saturated carbocycles. The van der Waals surface area contributed by atoms with Gasteiger partial charge in [0.1, 0.15) is 29.5 Å². The Bertz CT molecular complexity index is 2130. The third-order valence-electron chi connectivity index (χ3n) is 10.9. The third-order valence-corrected chi connectivity index (χ3v) is 10.9. The predicted molar refractivity (Wildman–Crippen MR) is 193 cm³/mol. The lowest BCUT2D eigenvalue weighted by Crippen LogP contribution is -2.43. The quantitative estimate of drug-likeness (QED) is 0.164. The van der Waals surface area contributed by atoms with Gasteiger partial charge >= 0.3 is 6.01 Å². The van der Waals surface area contributed by atoms with E-state index in [1.807, 2.05) is 4.90 Å². The second-order valence-electron chi connectivity index (χ2n) is 14.5. The highest BCUT2D eigenvalue weighted by Gasteiger charge is 2.45. The van der Waals surface area contributed by atoms with Crippen molar-refractivity contribution in [1.29, 1.82) is 5.26 Å². The number of benzene rings is 2. The number of nitrogens with one attached hydrogen (secondary N) is 1. The summed E-state index contributed by atoms with van der Waals surface area (Å²) in [6.07, 6.45) is 15.3. The number of ether oxygens (including phenoxy) is 1. The van der Waals surface area contributed by atoms with E-state index in [4.69, 9.17) is 16.1 Å². The van der Waals surface area contributed by atoms with Crippen LogP contribution in [0.2, 0.25) is 0 Å². The van der Waals surface area contributed by atoms with E-state index < -0.39 is 17.0 Å². The van der Waals surface area contributed by atoms with E-state index in [9.17, 15) is 10.1 Å². The summed E-state index contributed by atoms with van der Waals surface area (Å²) >= 11 is 0. The number of amides is 1. The van der Waals surface area contributed by atoms with Crippen molar-refractivity contribution in [1.82, 2.24) is 25.2 Å². The van der Waals surface area contributed by atoms with Crippen LogP contribution in [0, 0.1) is 35.3 Å². The number of halogens is 2. The molecule has 2 aromatic carbocycles. The number of nitrogens with zero attached hydrogens (tertiary/aromatic N) is 6. The number of fused-ring (bicyclic) bond motifs is 3. The van der Waals surface area contributed by atoms with Crippen LogP contribution in [0.4, 0.5) is 14.6 Å². The number of carbonyl (C=O) groups excluding carboxylic acids is 1. The summed E-state index contributed by atoms with van der Waals surface area (Å²) in [5.74, 6) is 1.28. The Morgan fingerprint density at radius 2 is 1.96 bits per heavy atom. The normalized spacial score (nSPS) is 18.9. The standard InChI is InChI=1S/C40H41F2N7O2/c1-5-28-31(41)13-12-25-19-26(39(3,4)23-43)20-29(33(25)28)35-34(42)36-30(21-44-35)37(48-16-8-7-11-27(22-48)45-32(50)6-2)47-38(46-36)51-24-40-14-9-17-49(40)18-10-15-40/h1,6,12-13,19-21,27H,2,7-11,14-18,22,24H2,3-4H3,(H,45,50). The largest absolute Gasteiger partial charge is 0.461 e. The van der Waals surface area contributed by atoms with Gasteiger partial charge in [-0.3, -0.25) is 14.7 Å². The van der Waals surface area contributed by atoms with Crippen LogP contribution >= 0.6 is 0 Å². The molecule has 3 aliphatic heterocycles. The Morgan fingerprint density at radius 3 is 2.69 bits per heavy atom. The van der Waals surface area contributed by atoms with Gasteiger partial charge in [0.2, 0.25) is 5.91 Å². The molecule has 5 heterocycles. The highest BCUT2D eigenvalue weighted by atomic mass is 19.1. The van der Waals surface area contributed by atoms with E-state index in [-0.39, 0.29) is 45.8 Å². The summed E-state index contributed by atoms with van der Waals surface area (Å²) < 4.78 is 38.8. The van der Waals surface area contributed by atoms with E-state index >= 15 is 8.78 Å². The van der Waals surface area contributed by atoms with Crippen molar-refractivity contribution in [3.05, 3.63) is 65.9 Å². The van der Waals surface area contributed by atoms with Crippen LogP contribution in [0.5, 0.6) is 6.01 Å². The molecule has 1 unspecified atom stereocenters. The molecule has 1 amide bonds. The minimum atomic E-state index is -0.949. The topological polar surface area (TPSA) is 107 Å². The number of terminal acetylenes is 1. The number of hydrogen-bond donors (Lipinski definition) is 1. The molecule has 4 aromatic rings. The van der Waals surface area contributed by atoms with Crippen LogP contribution in [-0.2, 0) is 10.2 Å². The van der Waals surface area contributed by atoms with Gasteiger partial charge in [0.15, 0.2) is 5.82 Å². The van der Waals surface area contributed by atoms with Gasteiger partial charge in [0, 0.05) is 36.3 Å². The lowest BCUT2D eigenvalue weighted by atomic mass is 9.82. The second kappa shape index (κ2) is 13.5. The van der Waals surface area contributed by atoms with Crippen molar-refractivity contribution in [2.45, 2.75) is 75.8 Å². The molecule has 0 radical (unpaired) electrons. The van der Waals surface area contributed by atoms with Gasteiger partial charge in [0.05, 0.1) is 28.0 Å². The SMILES string of the molecule is C#Cc1c(F)ccc2cc(C(C)(C)C#N)cc(-c3ncc4c(N5CCCCC(NC(=O)C=C)C5)nc(OCC56CCCN5CCC6)nc4c3F)c12. The Morgan fingerprint density at radius 1 is 1.18 bits per heavy atom. The Labute approximate surface area is 296 Å². The molecular weight excluding hydrogens is 648 g/mol. The van der Waals surface area contributed by atoms with Crippen molar-refractivity contribution in [2.75, 3.05) is 37.7 Å². The Balaban J connectivity index is 1.41. The molecule has 1 atom stereocenters. The first-order chi connectivity index (χ1) is 24.6. The van der Waals surface area contributed by atoms with Crippen molar-refractivity contribution in [3.8, 4) is 35.7 Å². The molecule has 1 N–H and O–H groups in total. The predicted octanol–water partition coefficient (Wildman–Crippen LogP) is 6.57.